The lowest BCUT2D eigenvalue weighted by Gasteiger charge is -2.38. The highest BCUT2D eigenvalue weighted by molar-refractivity contribution is 7.12. The second kappa shape index (κ2) is 13.1. The Morgan fingerprint density at radius 2 is 2.05 bits per heavy atom. The summed E-state index contributed by atoms with van der Waals surface area (Å²) in [7, 11) is 4.45. The number of hydrogen-bond acceptors (Lipinski definition) is 7. The number of unbranched alkanes of at least 4 members (excludes halogenated alkanes) is 2. The number of thiazole rings is 1. The highest BCUT2D eigenvalue weighted by Crippen LogP contribution is 2.36. The van der Waals surface area contributed by atoms with Crippen LogP contribution in [0.4, 0.5) is 18.0 Å². The summed E-state index contributed by atoms with van der Waals surface area (Å²) in [6, 6.07) is 1.92. The third-order valence-corrected chi connectivity index (χ3v) is 8.55. The molecule has 1 aromatic carbocycles. The molecule has 0 aliphatic carbocycles. The number of carboxylic acid groups (broad SMARTS) is 1. The number of aliphatic carboxylic acids is 1. The number of alkyl halides is 3. The summed E-state index contributed by atoms with van der Waals surface area (Å²) in [4.78, 5) is 37.4. The van der Waals surface area contributed by atoms with Gasteiger partial charge >= 0.3 is 23.2 Å². The Kier molecular flexibility index (Phi) is 9.78. The minimum absolute atomic E-state index is 0.00630. The van der Waals surface area contributed by atoms with Gasteiger partial charge < -0.3 is 24.4 Å². The molecular formula is C29H35F3N5O5S+. The first-order valence-electron chi connectivity index (χ1n) is 13.8. The number of benzene rings is 1. The van der Waals surface area contributed by atoms with Crippen LogP contribution in [0.15, 0.2) is 30.2 Å². The molecule has 1 N–H and O–H groups in total. The van der Waals surface area contributed by atoms with Crippen LogP contribution in [0, 0.1) is 6.92 Å². The van der Waals surface area contributed by atoms with E-state index in [4.69, 9.17) is 9.47 Å². The van der Waals surface area contributed by atoms with Gasteiger partial charge in [-0.3, -0.25) is 0 Å². The van der Waals surface area contributed by atoms with Crippen molar-refractivity contribution >= 4 is 34.2 Å². The van der Waals surface area contributed by atoms with Crippen LogP contribution in [0.1, 0.15) is 43.4 Å². The predicted octanol–water partition coefficient (Wildman–Crippen LogP) is 5.22. The Morgan fingerprint density at radius 3 is 2.67 bits per heavy atom. The van der Waals surface area contributed by atoms with Gasteiger partial charge in [0.1, 0.15) is 24.9 Å². The van der Waals surface area contributed by atoms with Gasteiger partial charge in [0.25, 0.3) is 5.69 Å². The van der Waals surface area contributed by atoms with Crippen molar-refractivity contribution in [2.24, 2.45) is 7.05 Å². The lowest BCUT2D eigenvalue weighted by molar-refractivity contribution is -0.676. The molecule has 1 aliphatic rings. The minimum atomic E-state index is -4.56. The summed E-state index contributed by atoms with van der Waals surface area (Å²) in [6.45, 7) is 6.11. The number of likely N-dealkylation sites (tertiary alicyclic amines) is 1. The van der Waals surface area contributed by atoms with Gasteiger partial charge in [-0.1, -0.05) is 17.4 Å². The lowest BCUT2D eigenvalue weighted by Crippen LogP contribution is -2.55. The molecule has 3 heterocycles. The van der Waals surface area contributed by atoms with Gasteiger partial charge in [0.05, 0.1) is 23.4 Å². The van der Waals surface area contributed by atoms with Gasteiger partial charge in [0.2, 0.25) is 11.7 Å². The molecule has 2 aromatic heterocycles. The number of carbonyl (C=O) groups excluding carboxylic acids is 1. The van der Waals surface area contributed by atoms with E-state index in [1.165, 1.54) is 24.0 Å². The number of nitrogens with zero attached hydrogens (tertiary/aromatic N) is 5. The molecule has 2 unspecified atom stereocenters. The third-order valence-electron chi connectivity index (χ3n) is 7.53. The Balaban J connectivity index is 1.65. The van der Waals surface area contributed by atoms with Crippen LogP contribution >= 0.6 is 11.3 Å². The van der Waals surface area contributed by atoms with E-state index in [0.717, 1.165) is 40.5 Å². The zero-order valence-corrected chi connectivity index (χ0v) is 25.3. The molecule has 14 heteroatoms. The van der Waals surface area contributed by atoms with Crippen LogP contribution in [0.25, 0.3) is 21.7 Å². The first-order valence-corrected chi connectivity index (χ1v) is 14.7. The van der Waals surface area contributed by atoms with Crippen molar-refractivity contribution < 1.29 is 41.9 Å². The van der Waals surface area contributed by atoms with Crippen molar-refractivity contribution in [2.45, 2.75) is 57.3 Å². The predicted molar refractivity (Wildman–Crippen MR) is 154 cm³/mol. The average molecular weight is 623 g/mol. The Hall–Kier alpha value is -3.94. The number of rotatable bonds is 10. The summed E-state index contributed by atoms with van der Waals surface area (Å²) in [5.41, 5.74) is 0.235. The Morgan fingerprint density at radius 1 is 1.30 bits per heavy atom. The summed E-state index contributed by atoms with van der Waals surface area (Å²) in [5, 5.41) is 11.7. The number of methoxy groups -OCH3 is 1. The SMILES string of the molecule is C=CCCCCN(C)C(=O)N1CCC(Oc2nc(-c3scc(C(F)(F)F)[n+]3C)nc3c(C)c(OC)ccc23)CC1C(=O)O. The van der Waals surface area contributed by atoms with Crippen molar-refractivity contribution in [1.29, 1.82) is 0 Å². The molecule has 4 rings (SSSR count). The molecule has 3 aromatic rings. The van der Waals surface area contributed by atoms with E-state index in [0.29, 0.717) is 35.2 Å². The van der Waals surface area contributed by atoms with Gasteiger partial charge in [-0.05, 0) is 38.3 Å². The second-order valence-electron chi connectivity index (χ2n) is 10.4. The number of carboxylic acids is 1. The van der Waals surface area contributed by atoms with Gasteiger partial charge in [-0.15, -0.1) is 6.58 Å². The number of halogens is 3. The van der Waals surface area contributed by atoms with Gasteiger partial charge in [-0.25, -0.2) is 14.6 Å². The number of fused-ring (bicyclic) bond motifs is 1. The molecule has 10 nitrogen and oxygen atoms in total. The molecule has 0 radical (unpaired) electrons. The van der Waals surface area contributed by atoms with E-state index >= 15 is 0 Å². The highest BCUT2D eigenvalue weighted by atomic mass is 32.1. The molecular weight excluding hydrogens is 587 g/mol. The van der Waals surface area contributed by atoms with Crippen molar-refractivity contribution in [3.8, 4) is 22.5 Å². The number of aromatic nitrogens is 3. The van der Waals surface area contributed by atoms with Gasteiger partial charge in [-0.2, -0.15) is 22.7 Å². The fraction of sp³-hybridized carbons (Fsp3) is 0.483. The van der Waals surface area contributed by atoms with Crippen molar-refractivity contribution in [3.63, 3.8) is 0 Å². The summed E-state index contributed by atoms with van der Waals surface area (Å²) < 4.78 is 53.3. The summed E-state index contributed by atoms with van der Waals surface area (Å²) in [5.74, 6) is -0.481. The minimum Gasteiger partial charge on any atom is -0.496 e. The number of urea groups is 1. The van der Waals surface area contributed by atoms with E-state index in [1.807, 2.05) is 6.08 Å². The van der Waals surface area contributed by atoms with E-state index in [-0.39, 0.29) is 35.7 Å². The maximum Gasteiger partial charge on any atom is 0.478 e. The molecule has 232 valence electrons. The molecule has 1 fully saturated rings. The normalized spacial score (nSPS) is 17.1. The molecule has 1 saturated heterocycles. The maximum absolute atomic E-state index is 13.5. The fourth-order valence-electron chi connectivity index (χ4n) is 5.14. The molecule has 0 bridgehead atoms. The first-order chi connectivity index (χ1) is 20.4. The average Bonchev–Trinajstić information content (AvgIpc) is 3.37. The zero-order valence-electron chi connectivity index (χ0n) is 24.5. The topological polar surface area (TPSA) is 109 Å². The molecule has 43 heavy (non-hydrogen) atoms. The van der Waals surface area contributed by atoms with Gasteiger partial charge in [0.15, 0.2) is 0 Å². The van der Waals surface area contributed by atoms with E-state index < -0.39 is 30.0 Å². The largest absolute Gasteiger partial charge is 0.496 e. The maximum atomic E-state index is 13.5. The molecule has 1 aliphatic heterocycles. The van der Waals surface area contributed by atoms with Crippen molar-refractivity contribution in [2.75, 3.05) is 27.2 Å². The van der Waals surface area contributed by atoms with Crippen LogP contribution in [0.2, 0.25) is 0 Å². The quantitative estimate of drug-likeness (QED) is 0.188. The number of piperidine rings is 1. The molecule has 2 amide bonds. The number of ether oxygens (including phenoxy) is 2. The van der Waals surface area contributed by atoms with Crippen molar-refractivity contribution in [3.05, 3.63) is 41.4 Å². The molecule has 2 atom stereocenters. The van der Waals surface area contributed by atoms with E-state index in [1.54, 1.807) is 26.1 Å². The van der Waals surface area contributed by atoms with Crippen molar-refractivity contribution in [1.82, 2.24) is 19.8 Å². The number of allylic oxidation sites excluding steroid dienone is 1. The fourth-order valence-corrected chi connectivity index (χ4v) is 6.11. The number of hydrogen-bond donors (Lipinski definition) is 1. The Bertz CT molecular complexity index is 1510. The highest BCUT2D eigenvalue weighted by Gasteiger charge is 2.43. The smallest absolute Gasteiger partial charge is 0.478 e. The monoisotopic (exact) mass is 622 g/mol. The number of aryl methyl sites for hydroxylation is 1. The Labute approximate surface area is 251 Å². The number of carbonyl (C=O) groups is 2. The number of amides is 2. The molecule has 0 spiro atoms. The standard InChI is InChI=1S/C29H34F3N5O5S/c1-6-7-8-9-13-35(3)28(40)37-14-12-18(15-20(37)27(38)39)42-25-19-10-11-21(41-5)17(2)23(19)33-24(34-25)26-36(4)22(16-43-26)29(30,31)32/h6,10-11,16,18,20H,1,7-9,12-15H2,2-5H3/p+1. The van der Waals surface area contributed by atoms with Crippen LogP contribution in [-0.4, -0.2) is 76.3 Å². The summed E-state index contributed by atoms with van der Waals surface area (Å²) in [6.07, 6.45) is -0.550. The first kappa shape index (κ1) is 32.0. The van der Waals surface area contributed by atoms with Crippen LogP contribution < -0.4 is 14.0 Å². The van der Waals surface area contributed by atoms with Crippen LogP contribution in [0.5, 0.6) is 11.6 Å². The van der Waals surface area contributed by atoms with E-state index in [2.05, 4.69) is 16.5 Å². The van der Waals surface area contributed by atoms with Gasteiger partial charge in [0, 0.05) is 38.5 Å². The zero-order chi connectivity index (χ0) is 31.5. The second-order valence-corrected chi connectivity index (χ2v) is 11.3. The van der Waals surface area contributed by atoms with E-state index in [9.17, 15) is 27.9 Å². The lowest BCUT2D eigenvalue weighted by atomic mass is 9.99. The summed E-state index contributed by atoms with van der Waals surface area (Å²) >= 11 is 0.854. The van der Waals surface area contributed by atoms with Crippen LogP contribution in [0.3, 0.4) is 0 Å². The third kappa shape index (κ3) is 6.84. The van der Waals surface area contributed by atoms with Crippen LogP contribution in [-0.2, 0) is 18.0 Å². The molecule has 0 saturated carbocycles.